The third-order valence-electron chi connectivity index (χ3n) is 1.80. The molecule has 0 unspecified atom stereocenters. The maximum atomic E-state index is 8.98. The highest BCUT2D eigenvalue weighted by Gasteiger charge is 2.18. The molecule has 1 N–H and O–H groups in total. The van der Waals surface area contributed by atoms with E-state index in [-0.39, 0.29) is 12.0 Å². The first-order chi connectivity index (χ1) is 6.05. The molecule has 1 heterocycles. The van der Waals surface area contributed by atoms with E-state index >= 15 is 0 Å². The molecule has 0 aliphatic heterocycles. The van der Waals surface area contributed by atoms with Gasteiger partial charge in [-0.1, -0.05) is 13.8 Å². The van der Waals surface area contributed by atoms with Crippen LogP contribution in [-0.2, 0) is 7.05 Å². The number of hydrogen-bond donors (Lipinski definition) is 1. The van der Waals surface area contributed by atoms with Gasteiger partial charge in [-0.2, -0.15) is 0 Å². The lowest BCUT2D eigenvalue weighted by Crippen LogP contribution is -2.26. The molecule has 0 amide bonds. The maximum absolute atomic E-state index is 8.98. The van der Waals surface area contributed by atoms with Gasteiger partial charge in [0.05, 0.1) is 13.2 Å². The van der Waals surface area contributed by atoms with Crippen molar-refractivity contribution < 1.29 is 9.84 Å². The number of aliphatic hydroxyl groups is 1. The summed E-state index contributed by atoms with van der Waals surface area (Å²) in [5, 5.41) is 8.98. The maximum Gasteiger partial charge on any atom is 0.295 e. The van der Waals surface area contributed by atoms with E-state index in [1.165, 1.54) is 0 Å². The number of ether oxygens (including phenoxy) is 1. The smallest absolute Gasteiger partial charge is 0.295 e. The molecule has 0 saturated carbocycles. The molecule has 74 valence electrons. The minimum atomic E-state index is -0.216. The third-order valence-corrected chi connectivity index (χ3v) is 1.80. The molecule has 0 aromatic carbocycles. The van der Waals surface area contributed by atoms with Crippen molar-refractivity contribution in [2.75, 3.05) is 13.2 Å². The second kappa shape index (κ2) is 3.79. The zero-order valence-electron chi connectivity index (χ0n) is 8.32. The van der Waals surface area contributed by atoms with Crippen molar-refractivity contribution in [2.24, 2.45) is 12.5 Å². The summed E-state index contributed by atoms with van der Waals surface area (Å²) in [4.78, 5) is 4.01. The van der Waals surface area contributed by atoms with Crippen LogP contribution in [0.2, 0.25) is 0 Å². The minimum Gasteiger partial charge on any atom is -0.464 e. The lowest BCUT2D eigenvalue weighted by atomic mass is 9.97. The molecule has 1 aromatic rings. The second-order valence-electron chi connectivity index (χ2n) is 3.93. The van der Waals surface area contributed by atoms with Gasteiger partial charge in [-0.3, -0.25) is 0 Å². The minimum absolute atomic E-state index is 0.109. The van der Waals surface area contributed by atoms with E-state index in [9.17, 15) is 0 Å². The van der Waals surface area contributed by atoms with Gasteiger partial charge in [0.15, 0.2) is 0 Å². The zero-order chi connectivity index (χ0) is 9.90. The monoisotopic (exact) mass is 184 g/mol. The average Bonchev–Trinajstić information content (AvgIpc) is 2.48. The normalized spacial score (nSPS) is 11.7. The Labute approximate surface area is 78.2 Å². The fourth-order valence-corrected chi connectivity index (χ4v) is 0.797. The highest BCUT2D eigenvalue weighted by atomic mass is 16.5. The number of nitrogens with zero attached hydrogens (tertiary/aromatic N) is 2. The van der Waals surface area contributed by atoms with Gasteiger partial charge < -0.3 is 14.4 Å². The van der Waals surface area contributed by atoms with Gasteiger partial charge in [-0.15, -0.1) is 0 Å². The van der Waals surface area contributed by atoms with Crippen molar-refractivity contribution in [1.82, 2.24) is 9.55 Å². The average molecular weight is 184 g/mol. The summed E-state index contributed by atoms with van der Waals surface area (Å²) in [6.07, 6.45) is 3.50. The van der Waals surface area contributed by atoms with Crippen LogP contribution in [-0.4, -0.2) is 27.9 Å². The first-order valence-corrected chi connectivity index (χ1v) is 4.26. The molecule has 0 aliphatic carbocycles. The summed E-state index contributed by atoms with van der Waals surface area (Å²) in [7, 11) is 1.87. The van der Waals surface area contributed by atoms with Gasteiger partial charge in [0.1, 0.15) is 0 Å². The Kier molecular flexibility index (Phi) is 2.93. The number of hydrogen-bond acceptors (Lipinski definition) is 3. The number of aliphatic hydroxyl groups excluding tert-OH is 1. The summed E-state index contributed by atoms with van der Waals surface area (Å²) in [6, 6.07) is 0.585. The molecular weight excluding hydrogens is 168 g/mol. The van der Waals surface area contributed by atoms with Gasteiger partial charge in [-0.05, 0) is 0 Å². The van der Waals surface area contributed by atoms with E-state index in [0.717, 1.165) is 0 Å². The lowest BCUT2D eigenvalue weighted by molar-refractivity contribution is 0.0908. The van der Waals surface area contributed by atoms with E-state index in [0.29, 0.717) is 12.6 Å². The molecule has 0 spiro atoms. The molecule has 1 rings (SSSR count). The molecule has 0 radical (unpaired) electrons. The van der Waals surface area contributed by atoms with E-state index < -0.39 is 0 Å². The fraction of sp³-hybridized carbons (Fsp3) is 0.667. The van der Waals surface area contributed by atoms with Crippen molar-refractivity contribution in [3.8, 4) is 6.01 Å². The highest BCUT2D eigenvalue weighted by Crippen LogP contribution is 2.15. The predicted molar refractivity (Wildman–Crippen MR) is 49.6 cm³/mol. The van der Waals surface area contributed by atoms with Crippen molar-refractivity contribution in [2.45, 2.75) is 13.8 Å². The quantitative estimate of drug-likeness (QED) is 0.753. The molecule has 0 atom stereocenters. The predicted octanol–water partition coefficient (Wildman–Crippen LogP) is 0.817. The van der Waals surface area contributed by atoms with Crippen LogP contribution in [0.4, 0.5) is 0 Å². The number of aromatic nitrogens is 2. The van der Waals surface area contributed by atoms with Crippen LogP contribution in [0.25, 0.3) is 0 Å². The summed E-state index contributed by atoms with van der Waals surface area (Å²) in [5.74, 6) is 0. The Morgan fingerprint density at radius 1 is 1.62 bits per heavy atom. The summed E-state index contributed by atoms with van der Waals surface area (Å²) < 4.78 is 7.22. The van der Waals surface area contributed by atoms with E-state index in [4.69, 9.17) is 9.84 Å². The number of rotatable bonds is 4. The lowest BCUT2D eigenvalue weighted by Gasteiger charge is -2.20. The van der Waals surface area contributed by atoms with E-state index in [2.05, 4.69) is 4.98 Å². The molecule has 13 heavy (non-hydrogen) atoms. The third kappa shape index (κ3) is 2.73. The topological polar surface area (TPSA) is 47.3 Å². The number of aryl methyl sites for hydroxylation is 1. The van der Waals surface area contributed by atoms with Crippen LogP contribution in [0.3, 0.4) is 0 Å². The Morgan fingerprint density at radius 3 is 2.77 bits per heavy atom. The molecule has 4 nitrogen and oxygen atoms in total. The molecule has 0 bridgehead atoms. The molecular formula is C9H16N2O2. The van der Waals surface area contributed by atoms with Crippen LogP contribution in [0.5, 0.6) is 6.01 Å². The molecule has 0 fully saturated rings. The second-order valence-corrected chi connectivity index (χ2v) is 3.93. The first kappa shape index (κ1) is 10.1. The van der Waals surface area contributed by atoms with Gasteiger partial charge >= 0.3 is 0 Å². The van der Waals surface area contributed by atoms with Gasteiger partial charge in [0.2, 0.25) is 0 Å². The summed E-state index contributed by atoms with van der Waals surface area (Å²) in [6.45, 7) is 4.46. The van der Waals surface area contributed by atoms with Crippen molar-refractivity contribution in [1.29, 1.82) is 0 Å². The molecule has 0 saturated heterocycles. The van der Waals surface area contributed by atoms with Gasteiger partial charge in [-0.25, -0.2) is 4.98 Å². The van der Waals surface area contributed by atoms with Crippen LogP contribution in [0.15, 0.2) is 12.4 Å². The SMILES string of the molecule is Cn1ccnc1OCC(C)(C)CO. The van der Waals surface area contributed by atoms with Crippen LogP contribution >= 0.6 is 0 Å². The Balaban J connectivity index is 2.48. The molecule has 0 aliphatic rings. The summed E-state index contributed by atoms with van der Waals surface area (Å²) in [5.41, 5.74) is -0.216. The molecule has 4 heteroatoms. The zero-order valence-corrected chi connectivity index (χ0v) is 8.32. The largest absolute Gasteiger partial charge is 0.464 e. The molecule has 1 aromatic heterocycles. The van der Waals surface area contributed by atoms with E-state index in [1.54, 1.807) is 10.8 Å². The Bertz CT molecular complexity index is 268. The fourth-order valence-electron chi connectivity index (χ4n) is 0.797. The van der Waals surface area contributed by atoms with Crippen LogP contribution in [0, 0.1) is 5.41 Å². The first-order valence-electron chi connectivity index (χ1n) is 4.26. The standard InChI is InChI=1S/C9H16N2O2/c1-9(2,6-12)7-13-8-10-4-5-11(8)3/h4-5,12H,6-7H2,1-3H3. The number of imidazole rings is 1. The summed E-state index contributed by atoms with van der Waals surface area (Å²) >= 11 is 0. The Morgan fingerprint density at radius 2 is 2.31 bits per heavy atom. The van der Waals surface area contributed by atoms with Crippen LogP contribution in [0.1, 0.15) is 13.8 Å². The van der Waals surface area contributed by atoms with Gasteiger partial charge in [0.25, 0.3) is 6.01 Å². The van der Waals surface area contributed by atoms with E-state index in [1.807, 2.05) is 27.1 Å². The van der Waals surface area contributed by atoms with Gasteiger partial charge in [0, 0.05) is 24.9 Å². The van der Waals surface area contributed by atoms with Crippen molar-refractivity contribution in [3.63, 3.8) is 0 Å². The van der Waals surface area contributed by atoms with Crippen molar-refractivity contribution in [3.05, 3.63) is 12.4 Å². The Hall–Kier alpha value is -1.03. The van der Waals surface area contributed by atoms with Crippen molar-refractivity contribution >= 4 is 0 Å². The highest BCUT2D eigenvalue weighted by molar-refractivity contribution is 4.97. The van der Waals surface area contributed by atoms with Crippen LogP contribution < -0.4 is 4.74 Å².